The summed E-state index contributed by atoms with van der Waals surface area (Å²) in [5.41, 5.74) is 5.11. The first kappa shape index (κ1) is 19.5. The molecule has 0 bridgehead atoms. The minimum atomic E-state index is -4.47. The number of anilines is 1. The summed E-state index contributed by atoms with van der Waals surface area (Å²) in [7, 11) is 0. The lowest BCUT2D eigenvalue weighted by Crippen LogP contribution is -2.42. The molecule has 0 spiro atoms. The zero-order valence-corrected chi connectivity index (χ0v) is 13.9. The van der Waals surface area contributed by atoms with Crippen molar-refractivity contribution in [2.45, 2.75) is 44.1 Å². The van der Waals surface area contributed by atoms with Gasteiger partial charge < -0.3 is 20.5 Å². The molecule has 3 rings (SSSR count). The topological polar surface area (TPSA) is 84.5 Å². The van der Waals surface area contributed by atoms with E-state index in [1.54, 1.807) is 0 Å². The smallest absolute Gasteiger partial charge is 0.390 e. The Morgan fingerprint density at radius 3 is 2.64 bits per heavy atom. The van der Waals surface area contributed by atoms with Gasteiger partial charge in [0.1, 0.15) is 11.9 Å². The summed E-state index contributed by atoms with van der Waals surface area (Å²) in [5, 5.41) is 9.73. The van der Waals surface area contributed by atoms with E-state index in [4.69, 9.17) is 10.5 Å². The van der Waals surface area contributed by atoms with Gasteiger partial charge >= 0.3 is 6.18 Å². The second-order valence-electron chi connectivity index (χ2n) is 6.06. The molecule has 2 fully saturated rings. The number of hydrogen-bond donors (Lipinski definition) is 2. The number of ether oxygens (including phenoxy) is 1. The Labute approximate surface area is 144 Å². The van der Waals surface area contributed by atoms with Crippen LogP contribution in [0.25, 0.3) is 0 Å². The Morgan fingerprint density at radius 2 is 2.12 bits per heavy atom. The van der Waals surface area contributed by atoms with Crippen LogP contribution >= 0.6 is 0 Å². The summed E-state index contributed by atoms with van der Waals surface area (Å²) < 4.78 is 41.0. The van der Waals surface area contributed by atoms with Crippen molar-refractivity contribution in [2.24, 2.45) is 0 Å². The summed E-state index contributed by atoms with van der Waals surface area (Å²) in [6.07, 6.45) is 1.08. The molecule has 140 valence electrons. The second-order valence-corrected chi connectivity index (χ2v) is 6.06. The Morgan fingerprint density at radius 1 is 1.36 bits per heavy atom. The van der Waals surface area contributed by atoms with Gasteiger partial charge in [-0.1, -0.05) is 6.58 Å². The van der Waals surface area contributed by atoms with E-state index >= 15 is 0 Å². The summed E-state index contributed by atoms with van der Waals surface area (Å²) in [6.45, 7) is 6.70. The van der Waals surface area contributed by atoms with Gasteiger partial charge in [0, 0.05) is 25.4 Å². The van der Waals surface area contributed by atoms with Crippen LogP contribution in [-0.4, -0.2) is 51.9 Å². The molecule has 0 aromatic carbocycles. The fourth-order valence-electron chi connectivity index (χ4n) is 2.74. The highest BCUT2D eigenvalue weighted by molar-refractivity contribution is 5.24. The Hall–Kier alpha value is -1.87. The summed E-state index contributed by atoms with van der Waals surface area (Å²) in [6, 6.07) is 0. The molecule has 0 saturated carbocycles. The maximum Gasteiger partial charge on any atom is 0.434 e. The fraction of sp³-hybridized carbons (Fsp3) is 0.625. The fourth-order valence-corrected chi connectivity index (χ4v) is 2.74. The van der Waals surface area contributed by atoms with Crippen LogP contribution in [0.4, 0.5) is 19.0 Å². The Bertz CT molecular complexity index is 583. The van der Waals surface area contributed by atoms with E-state index in [9.17, 15) is 18.3 Å². The van der Waals surface area contributed by atoms with Crippen LogP contribution in [0, 0.1) is 0 Å². The van der Waals surface area contributed by atoms with Gasteiger partial charge in [-0.3, -0.25) is 4.98 Å². The van der Waals surface area contributed by atoms with Crippen molar-refractivity contribution in [3.05, 3.63) is 30.4 Å². The SMILES string of the molecule is C=C1CCCN1CC1OCCCC1O.Nc1cncc(C(F)(F)F)n1. The lowest BCUT2D eigenvalue weighted by molar-refractivity contribution is -0.141. The number of likely N-dealkylation sites (tertiary alicyclic amines) is 1. The molecule has 25 heavy (non-hydrogen) atoms. The second kappa shape index (κ2) is 8.48. The number of nitrogen functional groups attached to an aromatic ring is 1. The molecule has 1 aromatic rings. The molecule has 0 amide bonds. The summed E-state index contributed by atoms with van der Waals surface area (Å²) in [4.78, 5) is 8.53. The quantitative estimate of drug-likeness (QED) is 0.841. The number of aliphatic hydroxyl groups excluding tert-OH is 1. The normalized spacial score (nSPS) is 24.0. The minimum Gasteiger partial charge on any atom is -0.390 e. The number of nitrogens with zero attached hydrogens (tertiary/aromatic N) is 3. The molecule has 6 nitrogen and oxygen atoms in total. The zero-order valence-electron chi connectivity index (χ0n) is 13.9. The highest BCUT2D eigenvalue weighted by Gasteiger charge is 2.33. The first-order valence-electron chi connectivity index (χ1n) is 8.14. The highest BCUT2D eigenvalue weighted by Crippen LogP contribution is 2.27. The first-order chi connectivity index (χ1) is 11.8. The van der Waals surface area contributed by atoms with Gasteiger partial charge in [-0.25, -0.2) is 4.98 Å². The van der Waals surface area contributed by atoms with E-state index in [0.717, 1.165) is 45.2 Å². The van der Waals surface area contributed by atoms with E-state index < -0.39 is 11.9 Å². The predicted octanol–water partition coefficient (Wildman–Crippen LogP) is 2.21. The molecule has 0 radical (unpaired) electrons. The monoisotopic (exact) mass is 360 g/mol. The average molecular weight is 360 g/mol. The van der Waals surface area contributed by atoms with Gasteiger partial charge in [0.05, 0.1) is 18.5 Å². The van der Waals surface area contributed by atoms with Gasteiger partial charge in [-0.05, 0) is 25.7 Å². The van der Waals surface area contributed by atoms with Crippen molar-refractivity contribution in [1.29, 1.82) is 0 Å². The number of halogens is 3. The molecule has 3 N–H and O–H groups in total. The lowest BCUT2D eigenvalue weighted by Gasteiger charge is -2.32. The van der Waals surface area contributed by atoms with Gasteiger partial charge in [-0.15, -0.1) is 0 Å². The largest absolute Gasteiger partial charge is 0.434 e. The van der Waals surface area contributed by atoms with Gasteiger partial charge in [0.15, 0.2) is 5.69 Å². The van der Waals surface area contributed by atoms with Crippen LogP contribution in [-0.2, 0) is 10.9 Å². The maximum absolute atomic E-state index is 11.8. The van der Waals surface area contributed by atoms with Crippen molar-refractivity contribution >= 4 is 5.82 Å². The van der Waals surface area contributed by atoms with Crippen LogP contribution in [0.15, 0.2) is 24.7 Å². The van der Waals surface area contributed by atoms with Crippen LogP contribution in [0.5, 0.6) is 0 Å². The average Bonchev–Trinajstić information content (AvgIpc) is 2.95. The van der Waals surface area contributed by atoms with E-state index in [1.807, 2.05) is 0 Å². The minimum absolute atomic E-state index is 0.00130. The lowest BCUT2D eigenvalue weighted by atomic mass is 10.1. The summed E-state index contributed by atoms with van der Waals surface area (Å²) in [5.74, 6) is -0.236. The number of alkyl halides is 3. The van der Waals surface area contributed by atoms with Crippen LogP contribution in [0.2, 0.25) is 0 Å². The molecule has 2 aliphatic heterocycles. The number of hydrogen-bond acceptors (Lipinski definition) is 6. The molecule has 2 saturated heterocycles. The van der Waals surface area contributed by atoms with Crippen molar-refractivity contribution in [3.8, 4) is 0 Å². The third-order valence-electron chi connectivity index (χ3n) is 4.09. The number of rotatable bonds is 2. The van der Waals surface area contributed by atoms with Crippen LogP contribution in [0.3, 0.4) is 0 Å². The number of aliphatic hydroxyl groups is 1. The van der Waals surface area contributed by atoms with E-state index in [2.05, 4.69) is 21.4 Å². The first-order valence-corrected chi connectivity index (χ1v) is 8.14. The molecular weight excluding hydrogens is 337 g/mol. The molecule has 2 unspecified atom stereocenters. The van der Waals surface area contributed by atoms with Crippen molar-refractivity contribution in [3.63, 3.8) is 0 Å². The summed E-state index contributed by atoms with van der Waals surface area (Å²) >= 11 is 0. The highest BCUT2D eigenvalue weighted by atomic mass is 19.4. The standard InChI is InChI=1S/C11H19NO2.C5H4F3N3/c1-9-4-2-6-12(9)8-11-10(13)5-3-7-14-11;6-5(7,8)3-1-10-2-4(9)11-3/h10-11,13H,1-8H2;1-2H,(H2,9,11). The zero-order chi connectivity index (χ0) is 18.4. The van der Waals surface area contributed by atoms with E-state index in [0.29, 0.717) is 6.20 Å². The molecule has 0 aliphatic carbocycles. The number of nitrogens with two attached hydrogens (primary N) is 1. The predicted molar refractivity (Wildman–Crippen MR) is 86.4 cm³/mol. The third-order valence-corrected chi connectivity index (χ3v) is 4.09. The van der Waals surface area contributed by atoms with E-state index in [1.165, 1.54) is 12.1 Å². The third kappa shape index (κ3) is 5.86. The molecule has 2 aliphatic rings. The van der Waals surface area contributed by atoms with Gasteiger partial charge in [-0.2, -0.15) is 13.2 Å². The maximum atomic E-state index is 11.8. The Balaban J connectivity index is 0.000000186. The Kier molecular flexibility index (Phi) is 6.60. The molecular formula is C16H23F3N4O2. The molecule has 3 heterocycles. The van der Waals surface area contributed by atoms with Crippen LogP contribution in [0.1, 0.15) is 31.4 Å². The van der Waals surface area contributed by atoms with E-state index in [-0.39, 0.29) is 18.0 Å². The molecule has 1 aromatic heterocycles. The number of allylic oxidation sites excluding steroid dienone is 1. The molecule has 9 heteroatoms. The number of aromatic nitrogens is 2. The van der Waals surface area contributed by atoms with Gasteiger partial charge in [0.2, 0.25) is 0 Å². The van der Waals surface area contributed by atoms with Crippen LogP contribution < -0.4 is 5.73 Å². The van der Waals surface area contributed by atoms with Crippen molar-refractivity contribution < 1.29 is 23.0 Å². The molecule has 2 atom stereocenters. The van der Waals surface area contributed by atoms with Gasteiger partial charge in [0.25, 0.3) is 0 Å². The van der Waals surface area contributed by atoms with Crippen molar-refractivity contribution in [1.82, 2.24) is 14.9 Å². The van der Waals surface area contributed by atoms with Crippen molar-refractivity contribution in [2.75, 3.05) is 25.4 Å².